The summed E-state index contributed by atoms with van der Waals surface area (Å²) in [5.41, 5.74) is 1.52. The molecule has 0 saturated heterocycles. The molecule has 2 aromatic rings. The molecule has 0 atom stereocenters. The number of hydrogen-bond acceptors (Lipinski definition) is 2. The molecule has 23 heavy (non-hydrogen) atoms. The third-order valence-electron chi connectivity index (χ3n) is 4.50. The highest BCUT2D eigenvalue weighted by Crippen LogP contribution is 2.25. The van der Waals surface area contributed by atoms with Crippen molar-refractivity contribution in [1.29, 1.82) is 5.26 Å². The molecule has 0 unspecified atom stereocenters. The van der Waals surface area contributed by atoms with Crippen molar-refractivity contribution < 1.29 is 4.79 Å². The number of nitriles is 1. The number of amides is 1. The average molecular weight is 374 g/mol. The van der Waals surface area contributed by atoms with Gasteiger partial charge < -0.3 is 9.88 Å². The number of carbonyl (C=O) groups is 1. The monoisotopic (exact) mass is 373 g/mol. The SMILES string of the molecule is N#Cc1cn(CC(=O)NC2CCCCCC2)c2ccc(Br)cc12. The smallest absolute Gasteiger partial charge is 0.240 e. The van der Waals surface area contributed by atoms with Gasteiger partial charge in [0.2, 0.25) is 5.91 Å². The molecule has 0 radical (unpaired) electrons. The third kappa shape index (κ3) is 3.76. The maximum absolute atomic E-state index is 12.4. The molecule has 1 aliphatic carbocycles. The lowest BCUT2D eigenvalue weighted by molar-refractivity contribution is -0.122. The van der Waals surface area contributed by atoms with Crippen LogP contribution in [0, 0.1) is 11.3 Å². The van der Waals surface area contributed by atoms with Crippen LogP contribution < -0.4 is 5.32 Å². The zero-order chi connectivity index (χ0) is 16.2. The van der Waals surface area contributed by atoms with Gasteiger partial charge in [0, 0.05) is 27.6 Å². The fourth-order valence-corrected chi connectivity index (χ4v) is 3.70. The molecule has 1 fully saturated rings. The first-order valence-electron chi connectivity index (χ1n) is 8.15. The summed E-state index contributed by atoms with van der Waals surface area (Å²) in [6.45, 7) is 0.260. The number of fused-ring (bicyclic) bond motifs is 1. The molecule has 1 N–H and O–H groups in total. The number of nitrogens with one attached hydrogen (secondary N) is 1. The van der Waals surface area contributed by atoms with Gasteiger partial charge >= 0.3 is 0 Å². The molecule has 0 bridgehead atoms. The lowest BCUT2D eigenvalue weighted by Crippen LogP contribution is -2.36. The highest BCUT2D eigenvalue weighted by atomic mass is 79.9. The minimum Gasteiger partial charge on any atom is -0.352 e. The number of hydrogen-bond donors (Lipinski definition) is 1. The molecular formula is C18H20BrN3O. The molecule has 5 heteroatoms. The number of aromatic nitrogens is 1. The van der Waals surface area contributed by atoms with Crippen molar-refractivity contribution in [3.63, 3.8) is 0 Å². The first-order chi connectivity index (χ1) is 11.2. The Bertz CT molecular complexity index is 751. The Morgan fingerprint density at radius 2 is 2.04 bits per heavy atom. The lowest BCUT2D eigenvalue weighted by atomic mass is 10.1. The Morgan fingerprint density at radius 1 is 1.30 bits per heavy atom. The van der Waals surface area contributed by atoms with Gasteiger partial charge in [0.15, 0.2) is 0 Å². The Balaban J connectivity index is 1.76. The van der Waals surface area contributed by atoms with Gasteiger partial charge in [-0.2, -0.15) is 5.26 Å². The minimum absolute atomic E-state index is 0.0289. The van der Waals surface area contributed by atoms with Gasteiger partial charge in [0.05, 0.1) is 5.56 Å². The number of nitrogens with zero attached hydrogens (tertiary/aromatic N) is 2. The van der Waals surface area contributed by atoms with Crippen LogP contribution in [0.3, 0.4) is 0 Å². The normalized spacial score (nSPS) is 16.0. The van der Waals surface area contributed by atoms with Gasteiger partial charge in [-0.1, -0.05) is 41.6 Å². The third-order valence-corrected chi connectivity index (χ3v) is 4.99. The molecule has 4 nitrogen and oxygen atoms in total. The molecule has 0 spiro atoms. The van der Waals surface area contributed by atoms with E-state index >= 15 is 0 Å². The van der Waals surface area contributed by atoms with Crippen molar-refractivity contribution in [2.24, 2.45) is 0 Å². The number of carbonyl (C=O) groups excluding carboxylic acids is 1. The van der Waals surface area contributed by atoms with Crippen molar-refractivity contribution in [2.75, 3.05) is 0 Å². The summed E-state index contributed by atoms with van der Waals surface area (Å²) < 4.78 is 2.80. The summed E-state index contributed by atoms with van der Waals surface area (Å²) in [6.07, 6.45) is 8.87. The van der Waals surface area contributed by atoms with Crippen LogP contribution in [0.1, 0.15) is 44.1 Å². The molecule has 1 aliphatic rings. The zero-order valence-electron chi connectivity index (χ0n) is 13.0. The van der Waals surface area contributed by atoms with Crippen LogP contribution in [-0.4, -0.2) is 16.5 Å². The van der Waals surface area contributed by atoms with Crippen LogP contribution >= 0.6 is 15.9 Å². The van der Waals surface area contributed by atoms with E-state index in [1.165, 1.54) is 25.7 Å². The predicted molar refractivity (Wildman–Crippen MR) is 94.0 cm³/mol. The van der Waals surface area contributed by atoms with Crippen LogP contribution in [0.25, 0.3) is 10.9 Å². The average Bonchev–Trinajstić information content (AvgIpc) is 2.70. The molecule has 1 aromatic heterocycles. The largest absolute Gasteiger partial charge is 0.352 e. The quantitative estimate of drug-likeness (QED) is 0.822. The van der Waals surface area contributed by atoms with Crippen LogP contribution in [0.15, 0.2) is 28.9 Å². The molecule has 1 heterocycles. The van der Waals surface area contributed by atoms with Crippen molar-refractivity contribution >= 4 is 32.7 Å². The maximum Gasteiger partial charge on any atom is 0.240 e. The van der Waals surface area contributed by atoms with E-state index in [1.807, 2.05) is 22.8 Å². The summed E-state index contributed by atoms with van der Waals surface area (Å²) in [5.74, 6) is 0.0289. The summed E-state index contributed by atoms with van der Waals surface area (Å²) in [4.78, 5) is 12.4. The van der Waals surface area contributed by atoms with E-state index < -0.39 is 0 Å². The molecule has 0 aliphatic heterocycles. The molecule has 1 aromatic carbocycles. The van der Waals surface area contributed by atoms with Gasteiger partial charge in [-0.3, -0.25) is 4.79 Å². The summed E-state index contributed by atoms with van der Waals surface area (Å²) in [5, 5.41) is 13.3. The molecule has 3 rings (SSSR count). The van der Waals surface area contributed by atoms with E-state index in [9.17, 15) is 10.1 Å². The highest BCUT2D eigenvalue weighted by molar-refractivity contribution is 9.10. The molecule has 1 saturated carbocycles. The molecule has 120 valence electrons. The van der Waals surface area contributed by atoms with Gasteiger partial charge in [0.25, 0.3) is 0 Å². The Labute approximate surface area is 144 Å². The van der Waals surface area contributed by atoms with Gasteiger partial charge in [-0.25, -0.2) is 0 Å². The first-order valence-corrected chi connectivity index (χ1v) is 8.94. The van der Waals surface area contributed by atoms with Gasteiger partial charge in [0.1, 0.15) is 12.6 Å². The topological polar surface area (TPSA) is 57.8 Å². The zero-order valence-corrected chi connectivity index (χ0v) is 14.6. The van der Waals surface area contributed by atoms with Crippen LogP contribution in [-0.2, 0) is 11.3 Å². The summed E-state index contributed by atoms with van der Waals surface area (Å²) in [7, 11) is 0. The van der Waals surface area contributed by atoms with Crippen LogP contribution in [0.4, 0.5) is 0 Å². The lowest BCUT2D eigenvalue weighted by Gasteiger charge is -2.16. The molecular weight excluding hydrogens is 354 g/mol. The first kappa shape index (κ1) is 16.1. The number of halogens is 1. The number of benzene rings is 1. The van der Waals surface area contributed by atoms with Crippen molar-refractivity contribution in [1.82, 2.24) is 9.88 Å². The standard InChI is InChI=1S/C18H20BrN3O/c19-14-7-8-17-16(9-14)13(10-20)11-22(17)12-18(23)21-15-5-3-1-2-4-6-15/h7-9,11,15H,1-6,12H2,(H,21,23). The van der Waals surface area contributed by atoms with Crippen molar-refractivity contribution in [3.8, 4) is 6.07 Å². The van der Waals surface area contributed by atoms with Crippen molar-refractivity contribution in [2.45, 2.75) is 51.1 Å². The Kier molecular flexibility index (Phi) is 5.02. The van der Waals surface area contributed by atoms with E-state index in [2.05, 4.69) is 27.3 Å². The number of rotatable bonds is 3. The van der Waals surface area contributed by atoms with Crippen molar-refractivity contribution in [3.05, 3.63) is 34.4 Å². The fourth-order valence-electron chi connectivity index (χ4n) is 3.34. The van der Waals surface area contributed by atoms with Gasteiger partial charge in [-0.15, -0.1) is 0 Å². The molecule has 1 amide bonds. The van der Waals surface area contributed by atoms with E-state index in [0.29, 0.717) is 11.6 Å². The fraction of sp³-hybridized carbons (Fsp3) is 0.444. The highest BCUT2D eigenvalue weighted by Gasteiger charge is 2.16. The second-order valence-corrected chi connectivity index (χ2v) is 7.12. The minimum atomic E-state index is 0.0289. The van der Waals surface area contributed by atoms with Crippen LogP contribution in [0.2, 0.25) is 0 Å². The van der Waals surface area contributed by atoms with E-state index in [1.54, 1.807) is 6.20 Å². The van der Waals surface area contributed by atoms with E-state index in [-0.39, 0.29) is 12.5 Å². The Morgan fingerprint density at radius 3 is 2.74 bits per heavy atom. The van der Waals surface area contributed by atoms with E-state index in [4.69, 9.17) is 0 Å². The second kappa shape index (κ2) is 7.18. The van der Waals surface area contributed by atoms with Crippen LogP contribution in [0.5, 0.6) is 0 Å². The second-order valence-electron chi connectivity index (χ2n) is 6.20. The predicted octanol–water partition coefficient (Wildman–Crippen LogP) is 4.11. The van der Waals surface area contributed by atoms with E-state index in [0.717, 1.165) is 28.2 Å². The Hall–Kier alpha value is -1.80. The van der Waals surface area contributed by atoms with Gasteiger partial charge in [-0.05, 0) is 31.0 Å². The summed E-state index contributed by atoms with van der Waals surface area (Å²) >= 11 is 3.43. The maximum atomic E-state index is 12.4. The summed E-state index contributed by atoms with van der Waals surface area (Å²) in [6, 6.07) is 8.31.